The maximum atomic E-state index is 15.8. The van der Waals surface area contributed by atoms with Crippen molar-refractivity contribution in [1.29, 1.82) is 5.41 Å². The molecule has 178 valence electrons. The summed E-state index contributed by atoms with van der Waals surface area (Å²) in [6, 6.07) is 12.3. The number of aromatic nitrogens is 2. The molecule has 4 aromatic rings. The summed E-state index contributed by atoms with van der Waals surface area (Å²) in [5.41, 5.74) is 4.88. The molecule has 1 unspecified atom stereocenters. The van der Waals surface area contributed by atoms with E-state index in [9.17, 15) is 4.79 Å². The van der Waals surface area contributed by atoms with Crippen molar-refractivity contribution in [3.05, 3.63) is 76.1 Å². The lowest BCUT2D eigenvalue weighted by Gasteiger charge is -2.24. The van der Waals surface area contributed by atoms with Crippen molar-refractivity contribution >= 4 is 50.8 Å². The maximum absolute atomic E-state index is 15.8. The number of carbonyl (C=O) groups excluding carboxylic acids is 1. The van der Waals surface area contributed by atoms with E-state index in [0.29, 0.717) is 52.4 Å². The van der Waals surface area contributed by atoms with Gasteiger partial charge in [-0.25, -0.2) is 19.2 Å². The average molecular weight is 509 g/mol. The number of anilines is 1. The SMILES string of the molecule is CC(=N)OC(=O)C1CCCN1c1ccc(Cc2cc3scnc3c(-c3cccc(Cl)c3)c2F)cn1. The molecular weight excluding hydrogens is 487 g/mol. The molecule has 1 saturated heterocycles. The van der Waals surface area contributed by atoms with E-state index in [1.165, 1.54) is 18.3 Å². The van der Waals surface area contributed by atoms with Gasteiger partial charge in [0.05, 0.1) is 15.7 Å². The van der Waals surface area contributed by atoms with Gasteiger partial charge in [-0.1, -0.05) is 29.8 Å². The molecule has 1 aliphatic heterocycles. The normalized spacial score (nSPS) is 15.5. The van der Waals surface area contributed by atoms with Crippen LogP contribution < -0.4 is 4.90 Å². The molecule has 0 spiro atoms. The predicted octanol–water partition coefficient (Wildman–Crippen LogP) is 6.25. The van der Waals surface area contributed by atoms with Crippen molar-refractivity contribution < 1.29 is 13.9 Å². The van der Waals surface area contributed by atoms with Crippen LogP contribution in [0.1, 0.15) is 30.9 Å². The molecule has 1 atom stereocenters. The van der Waals surface area contributed by atoms with Crippen LogP contribution in [0.5, 0.6) is 0 Å². The van der Waals surface area contributed by atoms with E-state index in [1.54, 1.807) is 29.9 Å². The van der Waals surface area contributed by atoms with Crippen LogP contribution in [-0.2, 0) is 16.0 Å². The average Bonchev–Trinajstić information content (AvgIpc) is 3.49. The number of nitrogens with zero attached hydrogens (tertiary/aromatic N) is 3. The summed E-state index contributed by atoms with van der Waals surface area (Å²) in [6.07, 6.45) is 3.57. The third kappa shape index (κ3) is 4.76. The molecule has 6 nitrogen and oxygen atoms in total. The fourth-order valence-electron chi connectivity index (χ4n) is 4.48. The summed E-state index contributed by atoms with van der Waals surface area (Å²) in [5.74, 6) is -0.218. The van der Waals surface area contributed by atoms with Crippen molar-refractivity contribution in [2.24, 2.45) is 0 Å². The van der Waals surface area contributed by atoms with Crippen molar-refractivity contribution in [3.8, 4) is 11.1 Å². The van der Waals surface area contributed by atoms with E-state index in [2.05, 4.69) is 9.97 Å². The van der Waals surface area contributed by atoms with Crippen LogP contribution in [0, 0.1) is 11.2 Å². The number of esters is 1. The molecule has 0 radical (unpaired) electrons. The zero-order chi connectivity index (χ0) is 24.5. The molecule has 3 heterocycles. The molecule has 2 aromatic carbocycles. The molecule has 1 fully saturated rings. The minimum atomic E-state index is -0.458. The van der Waals surface area contributed by atoms with Crippen molar-refractivity contribution in [3.63, 3.8) is 0 Å². The zero-order valence-corrected chi connectivity index (χ0v) is 20.5. The van der Waals surface area contributed by atoms with Gasteiger partial charge >= 0.3 is 5.97 Å². The Kier molecular flexibility index (Phi) is 6.49. The number of halogens is 2. The van der Waals surface area contributed by atoms with Crippen LogP contribution in [0.25, 0.3) is 21.3 Å². The Labute approximate surface area is 210 Å². The molecule has 5 rings (SSSR count). The van der Waals surface area contributed by atoms with Gasteiger partial charge in [0.15, 0.2) is 5.90 Å². The first-order valence-electron chi connectivity index (χ1n) is 11.2. The molecule has 0 amide bonds. The highest BCUT2D eigenvalue weighted by atomic mass is 35.5. The minimum Gasteiger partial charge on any atom is -0.411 e. The van der Waals surface area contributed by atoms with Gasteiger partial charge in [0, 0.05) is 36.7 Å². The minimum absolute atomic E-state index is 0.123. The Morgan fingerprint density at radius 1 is 1.29 bits per heavy atom. The molecule has 2 aromatic heterocycles. The monoisotopic (exact) mass is 508 g/mol. The van der Waals surface area contributed by atoms with Crippen molar-refractivity contribution in [1.82, 2.24) is 9.97 Å². The number of benzene rings is 2. The number of fused-ring (bicyclic) bond motifs is 1. The summed E-state index contributed by atoms with van der Waals surface area (Å²) in [5, 5.41) is 7.95. The van der Waals surface area contributed by atoms with E-state index < -0.39 is 12.0 Å². The van der Waals surface area contributed by atoms with Gasteiger partial charge in [0.1, 0.15) is 17.7 Å². The molecule has 35 heavy (non-hydrogen) atoms. The van der Waals surface area contributed by atoms with Gasteiger partial charge in [0.25, 0.3) is 0 Å². The lowest BCUT2D eigenvalue weighted by atomic mass is 9.97. The lowest BCUT2D eigenvalue weighted by Crippen LogP contribution is -2.38. The third-order valence-corrected chi connectivity index (χ3v) is 7.04. The first kappa shape index (κ1) is 23.4. The number of thiazole rings is 1. The second-order valence-corrected chi connectivity index (χ2v) is 9.79. The second kappa shape index (κ2) is 9.71. The van der Waals surface area contributed by atoms with Crippen LogP contribution in [0.4, 0.5) is 10.2 Å². The molecule has 0 bridgehead atoms. The highest BCUT2D eigenvalue weighted by molar-refractivity contribution is 7.16. The topological polar surface area (TPSA) is 79.2 Å². The van der Waals surface area contributed by atoms with Gasteiger partial charge in [-0.2, -0.15) is 0 Å². The number of nitrogens with one attached hydrogen (secondary N) is 1. The van der Waals surface area contributed by atoms with Gasteiger partial charge in [-0.3, -0.25) is 5.41 Å². The molecule has 0 saturated carbocycles. The first-order valence-corrected chi connectivity index (χ1v) is 12.5. The summed E-state index contributed by atoms with van der Waals surface area (Å²) >= 11 is 7.64. The van der Waals surface area contributed by atoms with Crippen LogP contribution in [0.15, 0.2) is 54.2 Å². The number of hydrogen-bond acceptors (Lipinski definition) is 7. The molecular formula is C26H22ClFN4O2S. The highest BCUT2D eigenvalue weighted by Gasteiger charge is 2.33. The number of ether oxygens (including phenoxy) is 1. The fourth-order valence-corrected chi connectivity index (χ4v) is 5.42. The zero-order valence-electron chi connectivity index (χ0n) is 18.9. The fraction of sp³-hybridized carbons (Fsp3) is 0.231. The number of pyridine rings is 1. The van der Waals surface area contributed by atoms with Gasteiger partial charge in [0.2, 0.25) is 0 Å². The quantitative estimate of drug-likeness (QED) is 0.196. The number of hydrogen-bond donors (Lipinski definition) is 1. The Balaban J connectivity index is 1.43. The summed E-state index contributed by atoms with van der Waals surface area (Å²) < 4.78 is 21.7. The van der Waals surface area contributed by atoms with Gasteiger partial charge in [-0.05, 0) is 53.8 Å². The maximum Gasteiger partial charge on any atom is 0.335 e. The Morgan fingerprint density at radius 2 is 2.14 bits per heavy atom. The third-order valence-electron chi connectivity index (χ3n) is 6.03. The standard InChI is InChI=1S/C26H22ClFN4O2S/c1-15(29)34-26(33)20-6-3-9-32(20)22-8-7-16(13-30-22)10-18-12-21-25(31-14-35-21)23(24(18)28)17-4-2-5-19(27)11-17/h2,4-5,7-8,11-14,20,29H,3,6,9-10H2,1H3. The van der Waals surface area contributed by atoms with Crippen LogP contribution in [0.3, 0.4) is 0 Å². The van der Waals surface area contributed by atoms with Crippen LogP contribution in [0.2, 0.25) is 5.02 Å². The first-order chi connectivity index (χ1) is 16.9. The van der Waals surface area contributed by atoms with E-state index in [4.69, 9.17) is 21.7 Å². The number of carbonyl (C=O) groups is 1. The van der Waals surface area contributed by atoms with Crippen LogP contribution >= 0.6 is 22.9 Å². The lowest BCUT2D eigenvalue weighted by molar-refractivity contribution is -0.136. The van der Waals surface area contributed by atoms with Crippen LogP contribution in [-0.4, -0.2) is 34.4 Å². The molecule has 0 aliphatic carbocycles. The largest absolute Gasteiger partial charge is 0.411 e. The Bertz CT molecular complexity index is 1420. The molecule has 1 aliphatic rings. The Morgan fingerprint density at radius 3 is 2.89 bits per heavy atom. The van der Waals surface area contributed by atoms with E-state index in [1.807, 2.05) is 29.2 Å². The van der Waals surface area contributed by atoms with Gasteiger partial charge in [-0.15, -0.1) is 11.3 Å². The van der Waals surface area contributed by atoms with E-state index >= 15 is 4.39 Å². The van der Waals surface area contributed by atoms with Gasteiger partial charge < -0.3 is 9.64 Å². The number of rotatable bonds is 5. The predicted molar refractivity (Wildman–Crippen MR) is 137 cm³/mol. The van der Waals surface area contributed by atoms with E-state index in [-0.39, 0.29) is 11.7 Å². The summed E-state index contributed by atoms with van der Waals surface area (Å²) in [6.45, 7) is 2.12. The van der Waals surface area contributed by atoms with Crippen molar-refractivity contribution in [2.75, 3.05) is 11.4 Å². The Hall–Kier alpha value is -3.36. The van der Waals surface area contributed by atoms with Crippen molar-refractivity contribution in [2.45, 2.75) is 32.2 Å². The second-order valence-electron chi connectivity index (χ2n) is 8.46. The molecule has 9 heteroatoms. The molecule has 1 N–H and O–H groups in total. The summed E-state index contributed by atoms with van der Waals surface area (Å²) in [4.78, 5) is 23.2. The smallest absolute Gasteiger partial charge is 0.335 e. The highest BCUT2D eigenvalue weighted by Crippen LogP contribution is 2.36. The van der Waals surface area contributed by atoms with E-state index in [0.717, 1.165) is 16.7 Å². The summed E-state index contributed by atoms with van der Waals surface area (Å²) in [7, 11) is 0.